The molecule has 1 saturated heterocycles. The first-order valence-electron chi connectivity index (χ1n) is 15.1. The third-order valence-corrected chi connectivity index (χ3v) is 14.2. The quantitative estimate of drug-likeness (QED) is 0.247. The van der Waals surface area contributed by atoms with Crippen LogP contribution in [0.4, 0.5) is 0 Å². The second-order valence-electron chi connectivity index (χ2n) is 13.0. The number of aliphatic hydroxyl groups is 1. The number of benzene rings is 2. The number of rotatable bonds is 12. The van der Waals surface area contributed by atoms with Crippen LogP contribution in [-0.4, -0.2) is 67.4 Å². The zero-order valence-corrected chi connectivity index (χ0v) is 27.7. The summed E-state index contributed by atoms with van der Waals surface area (Å²) in [6.45, 7) is 16.8. The lowest BCUT2D eigenvalue weighted by Gasteiger charge is -2.51. The summed E-state index contributed by atoms with van der Waals surface area (Å²) in [7, 11) is -2.57. The number of carbonyl (C=O) groups excluding carboxylic acids is 2. The fourth-order valence-corrected chi connectivity index (χ4v) is 7.89. The van der Waals surface area contributed by atoms with Crippen molar-refractivity contribution in [2.75, 3.05) is 6.61 Å². The lowest BCUT2D eigenvalue weighted by atomic mass is 9.95. The molecule has 0 aromatic heterocycles. The minimum atomic E-state index is -2.57. The normalized spacial score (nSPS) is 25.3. The Kier molecular flexibility index (Phi) is 10.5. The van der Waals surface area contributed by atoms with Gasteiger partial charge in [-0.25, -0.2) is 0 Å². The number of hydrogen-bond donors (Lipinski definition) is 1. The molecular formula is C34H47NO7Si. The molecule has 2 aromatic rings. The highest BCUT2D eigenvalue weighted by Crippen LogP contribution is 2.46. The average molecular weight is 610 g/mol. The van der Waals surface area contributed by atoms with Gasteiger partial charge in [0, 0.05) is 11.1 Å². The predicted molar refractivity (Wildman–Crippen MR) is 167 cm³/mol. The largest absolute Gasteiger partial charge is 0.391 e. The molecule has 1 N–H and O–H groups in total. The molecule has 0 bridgehead atoms. The Morgan fingerprint density at radius 1 is 0.907 bits per heavy atom. The lowest BCUT2D eigenvalue weighted by Crippen LogP contribution is -2.68. The van der Waals surface area contributed by atoms with Crippen LogP contribution >= 0.6 is 0 Å². The van der Waals surface area contributed by atoms with Gasteiger partial charge in [0.1, 0.15) is 24.4 Å². The molecule has 2 aliphatic rings. The summed E-state index contributed by atoms with van der Waals surface area (Å²) in [5, 5.41) is 11.6. The number of aliphatic hydroxyl groups excluding tert-OH is 1. The molecule has 0 aliphatic carbocycles. The van der Waals surface area contributed by atoms with Gasteiger partial charge in [0.2, 0.25) is 0 Å². The van der Waals surface area contributed by atoms with E-state index < -0.39 is 50.8 Å². The highest BCUT2D eigenvalue weighted by molar-refractivity contribution is 6.74. The van der Waals surface area contributed by atoms with Gasteiger partial charge in [-0.3, -0.25) is 14.5 Å². The molecule has 2 amide bonds. The van der Waals surface area contributed by atoms with Crippen molar-refractivity contribution < 1.29 is 33.3 Å². The molecule has 1 fully saturated rings. The van der Waals surface area contributed by atoms with Crippen molar-refractivity contribution in [1.29, 1.82) is 0 Å². The van der Waals surface area contributed by atoms with Crippen molar-refractivity contribution in [1.82, 2.24) is 4.90 Å². The summed E-state index contributed by atoms with van der Waals surface area (Å²) < 4.78 is 25.9. The van der Waals surface area contributed by atoms with E-state index in [4.69, 9.17) is 18.6 Å². The summed E-state index contributed by atoms with van der Waals surface area (Å²) >= 11 is 0. The van der Waals surface area contributed by atoms with Gasteiger partial charge in [0.15, 0.2) is 14.6 Å². The summed E-state index contributed by atoms with van der Waals surface area (Å²) in [6, 6.07) is 18.4. The first kappa shape index (κ1) is 33.2. The summed E-state index contributed by atoms with van der Waals surface area (Å²) in [5.41, 5.74) is 2.63. The zero-order valence-electron chi connectivity index (χ0n) is 26.7. The second-order valence-corrected chi connectivity index (χ2v) is 17.6. The highest BCUT2D eigenvalue weighted by Gasteiger charge is 2.56. The summed E-state index contributed by atoms with van der Waals surface area (Å²) in [5.74, 6) is -0.545. The van der Waals surface area contributed by atoms with Crippen molar-refractivity contribution in [2.45, 2.75) is 104 Å². The van der Waals surface area contributed by atoms with Crippen LogP contribution in [0.15, 0.2) is 71.8 Å². The molecular weight excluding hydrogens is 562 g/mol. The predicted octanol–water partition coefficient (Wildman–Crippen LogP) is 5.61. The molecule has 4 rings (SSSR count). The topological polar surface area (TPSA) is 94.5 Å². The van der Waals surface area contributed by atoms with Gasteiger partial charge in [0.05, 0.1) is 19.8 Å². The molecule has 0 saturated carbocycles. The number of hydrogen-bond acceptors (Lipinski definition) is 7. The zero-order chi connectivity index (χ0) is 31.5. The van der Waals surface area contributed by atoms with Crippen molar-refractivity contribution >= 4 is 20.1 Å². The summed E-state index contributed by atoms with van der Waals surface area (Å²) in [6.07, 6.45) is -4.03. The van der Waals surface area contributed by atoms with Crippen molar-refractivity contribution in [3.63, 3.8) is 0 Å². The lowest BCUT2D eigenvalue weighted by molar-refractivity contribution is -0.274. The number of ether oxygens (including phenoxy) is 3. The first-order valence-corrected chi connectivity index (χ1v) is 18.0. The van der Waals surface area contributed by atoms with Crippen LogP contribution < -0.4 is 0 Å². The van der Waals surface area contributed by atoms with Gasteiger partial charge >= 0.3 is 0 Å². The van der Waals surface area contributed by atoms with Crippen LogP contribution in [0.5, 0.6) is 0 Å². The van der Waals surface area contributed by atoms with Gasteiger partial charge in [-0.1, -0.05) is 88.4 Å². The number of carbonyl (C=O) groups is 2. The number of amides is 2. The molecule has 43 heavy (non-hydrogen) atoms. The van der Waals surface area contributed by atoms with E-state index in [2.05, 4.69) is 40.8 Å². The smallest absolute Gasteiger partial charge is 0.257 e. The molecule has 5 atom stereocenters. The Bertz CT molecular complexity index is 1270. The maximum Gasteiger partial charge on any atom is 0.257 e. The van der Waals surface area contributed by atoms with Gasteiger partial charge in [-0.2, -0.15) is 0 Å². The maximum atomic E-state index is 13.6. The Balaban J connectivity index is 1.71. The Morgan fingerprint density at radius 3 is 1.93 bits per heavy atom. The van der Waals surface area contributed by atoms with Crippen LogP contribution in [0.1, 0.15) is 52.7 Å². The molecule has 2 heterocycles. The van der Waals surface area contributed by atoms with Gasteiger partial charge < -0.3 is 23.7 Å². The third kappa shape index (κ3) is 7.03. The minimum absolute atomic E-state index is 0.0710. The van der Waals surface area contributed by atoms with Gasteiger partial charge in [-0.05, 0) is 49.0 Å². The molecule has 2 aliphatic heterocycles. The highest BCUT2D eigenvalue weighted by atomic mass is 28.4. The van der Waals surface area contributed by atoms with Crippen molar-refractivity contribution in [3.8, 4) is 0 Å². The van der Waals surface area contributed by atoms with E-state index in [1.807, 2.05) is 60.7 Å². The van der Waals surface area contributed by atoms with Crippen LogP contribution in [0.3, 0.4) is 0 Å². The molecule has 0 radical (unpaired) electrons. The van der Waals surface area contributed by atoms with E-state index in [0.29, 0.717) is 23.7 Å². The number of imide groups is 1. The standard InChI is InChI=1S/C34H47NO7Si/c1-22(2)34(5,6)43(7,8)42-33-28(35-31(37)23(3)24(4)32(35)38)30(40-20-26-17-13-10-14-18-26)29(36)27(41-33)21-39-19-25-15-11-9-12-16-25/h9-18,22,27-30,33,36H,19-21H2,1-8H3/t27-,28-,29-,30-,33+/m1/s1. The molecule has 0 unspecified atom stereocenters. The Hall–Kier alpha value is -2.66. The third-order valence-electron chi connectivity index (χ3n) is 9.67. The van der Waals surface area contributed by atoms with E-state index in [9.17, 15) is 14.7 Å². The van der Waals surface area contributed by atoms with E-state index in [1.165, 1.54) is 4.90 Å². The average Bonchev–Trinajstić information content (AvgIpc) is 3.16. The molecule has 8 nitrogen and oxygen atoms in total. The second kappa shape index (κ2) is 13.5. The SMILES string of the molecule is CC1=C(C)C(=O)N([C@H]2[C@H](O[Si](C)(C)C(C)(C)C(C)C)O[C@H](COCc3ccccc3)[C@@H](O)[C@@H]2OCc2ccccc2)C1=O. The molecule has 0 spiro atoms. The molecule has 234 valence electrons. The van der Waals surface area contributed by atoms with E-state index >= 15 is 0 Å². The van der Waals surface area contributed by atoms with E-state index in [-0.39, 0.29) is 18.3 Å². The Morgan fingerprint density at radius 2 is 1.42 bits per heavy atom. The Labute approximate surface area is 257 Å². The van der Waals surface area contributed by atoms with Crippen molar-refractivity contribution in [2.24, 2.45) is 5.92 Å². The van der Waals surface area contributed by atoms with Crippen LogP contribution in [-0.2, 0) is 41.4 Å². The molecule has 2 aromatic carbocycles. The fraction of sp³-hybridized carbons (Fsp3) is 0.529. The van der Waals surface area contributed by atoms with Crippen molar-refractivity contribution in [3.05, 3.63) is 82.9 Å². The minimum Gasteiger partial charge on any atom is -0.391 e. The van der Waals surface area contributed by atoms with Crippen LogP contribution in [0.2, 0.25) is 18.1 Å². The van der Waals surface area contributed by atoms with Crippen LogP contribution in [0.25, 0.3) is 0 Å². The van der Waals surface area contributed by atoms with E-state index in [0.717, 1.165) is 11.1 Å². The van der Waals surface area contributed by atoms with Gasteiger partial charge in [0.25, 0.3) is 11.8 Å². The maximum absolute atomic E-state index is 13.6. The number of nitrogens with zero attached hydrogens (tertiary/aromatic N) is 1. The van der Waals surface area contributed by atoms with Crippen LogP contribution in [0, 0.1) is 5.92 Å². The monoisotopic (exact) mass is 609 g/mol. The summed E-state index contributed by atoms with van der Waals surface area (Å²) in [4.78, 5) is 28.3. The fourth-order valence-electron chi connectivity index (χ4n) is 5.42. The van der Waals surface area contributed by atoms with Gasteiger partial charge in [-0.15, -0.1) is 0 Å². The first-order chi connectivity index (χ1) is 20.3. The molecule has 9 heteroatoms. The van der Waals surface area contributed by atoms with E-state index in [1.54, 1.807) is 13.8 Å².